The van der Waals surface area contributed by atoms with Crippen molar-refractivity contribution in [1.82, 2.24) is 5.32 Å². The highest BCUT2D eigenvalue weighted by atomic mass is 16.7. The van der Waals surface area contributed by atoms with E-state index < -0.39 is 86.8 Å². The number of hydrogen-bond donors (Lipinski definition) is 9. The number of amides is 1. The minimum Gasteiger partial charge on any atom is -0.394 e. The average molecular weight is 1390 g/mol. The Bertz CT molecular complexity index is 1920. The van der Waals surface area contributed by atoms with Crippen LogP contribution >= 0.6 is 0 Å². The molecule has 0 spiro atoms. The summed E-state index contributed by atoms with van der Waals surface area (Å²) in [6, 6.07) is -0.836. The van der Waals surface area contributed by atoms with Crippen LogP contribution < -0.4 is 5.32 Å². The van der Waals surface area contributed by atoms with Crippen molar-refractivity contribution >= 4 is 5.91 Å². The van der Waals surface area contributed by atoms with Crippen LogP contribution in [0, 0.1) is 0 Å². The number of aliphatic hydroxyl groups excluding tert-OH is 8. The summed E-state index contributed by atoms with van der Waals surface area (Å²) in [4.78, 5) is 13.4. The fourth-order valence-electron chi connectivity index (χ4n) is 13.5. The van der Waals surface area contributed by atoms with Crippen molar-refractivity contribution in [3.63, 3.8) is 0 Å². The van der Waals surface area contributed by atoms with Crippen LogP contribution in [0.3, 0.4) is 0 Å². The van der Waals surface area contributed by atoms with Crippen LogP contribution in [0.2, 0.25) is 0 Å². The lowest BCUT2D eigenvalue weighted by molar-refractivity contribution is -0.359. The smallest absolute Gasteiger partial charge is 0.220 e. The van der Waals surface area contributed by atoms with Gasteiger partial charge in [0.25, 0.3) is 0 Å². The Morgan fingerprint density at radius 1 is 0.378 bits per heavy atom. The van der Waals surface area contributed by atoms with Gasteiger partial charge in [-0.3, -0.25) is 4.79 Å². The molecular formula is C84H153NO13. The van der Waals surface area contributed by atoms with E-state index in [1.165, 1.54) is 238 Å². The molecule has 14 heteroatoms. The molecule has 98 heavy (non-hydrogen) atoms. The molecule has 14 nitrogen and oxygen atoms in total. The molecule has 2 aliphatic heterocycles. The van der Waals surface area contributed by atoms with Crippen LogP contribution in [-0.4, -0.2) is 140 Å². The van der Waals surface area contributed by atoms with Gasteiger partial charge in [-0.15, -0.1) is 0 Å². The minimum absolute atomic E-state index is 0.206. The first-order chi connectivity index (χ1) is 48.1. The number of aliphatic hydroxyl groups is 8. The van der Waals surface area contributed by atoms with Crippen LogP contribution in [0.5, 0.6) is 0 Å². The third-order valence-corrected chi connectivity index (χ3v) is 19.9. The summed E-state index contributed by atoms with van der Waals surface area (Å²) in [5, 5.41) is 87.9. The SMILES string of the molecule is CC/C=C\C/C=C\C/C=C\C/C=C\C/C=C\C/C=C\CCCCCCCCCCCCCCC(=O)NC(COC1OC(CO)C(OC2OC(CO)C(O)C(O)C2O)C(O)C1O)C(O)CCCCCCCCCCCCCCCCCCCCCCCCCCCCCCCCCCC. The summed E-state index contributed by atoms with van der Waals surface area (Å²) in [7, 11) is 0. The molecule has 0 aromatic heterocycles. The van der Waals surface area contributed by atoms with E-state index in [4.69, 9.17) is 18.9 Å². The van der Waals surface area contributed by atoms with Crippen molar-refractivity contribution in [1.29, 1.82) is 0 Å². The third-order valence-electron chi connectivity index (χ3n) is 19.9. The lowest BCUT2D eigenvalue weighted by Crippen LogP contribution is -2.65. The number of unbranched alkanes of at least 4 members (excludes halogenated alkanes) is 44. The molecule has 1 amide bonds. The van der Waals surface area contributed by atoms with Gasteiger partial charge in [-0.05, 0) is 64.2 Å². The first-order valence-corrected chi connectivity index (χ1v) is 41.2. The van der Waals surface area contributed by atoms with Gasteiger partial charge in [0.05, 0.1) is 32.0 Å². The third kappa shape index (κ3) is 49.9. The van der Waals surface area contributed by atoms with Crippen LogP contribution in [0.1, 0.15) is 361 Å². The van der Waals surface area contributed by atoms with E-state index in [1.54, 1.807) is 0 Å². The molecule has 572 valence electrons. The Balaban J connectivity index is 1.60. The normalized spacial score (nSPS) is 22.4. The molecular weight excluding hydrogens is 1230 g/mol. The first kappa shape index (κ1) is 91.5. The van der Waals surface area contributed by atoms with Crippen molar-refractivity contribution in [3.05, 3.63) is 72.9 Å². The molecule has 0 bridgehead atoms. The van der Waals surface area contributed by atoms with E-state index in [2.05, 4.69) is 92.1 Å². The van der Waals surface area contributed by atoms with Crippen molar-refractivity contribution < 1.29 is 64.6 Å². The molecule has 2 rings (SSSR count). The number of hydrogen-bond acceptors (Lipinski definition) is 13. The molecule has 0 aromatic carbocycles. The molecule has 12 atom stereocenters. The van der Waals surface area contributed by atoms with Gasteiger partial charge in [0, 0.05) is 6.42 Å². The van der Waals surface area contributed by atoms with E-state index in [0.29, 0.717) is 12.8 Å². The molecule has 0 aromatic rings. The fourth-order valence-corrected chi connectivity index (χ4v) is 13.5. The van der Waals surface area contributed by atoms with Gasteiger partial charge in [-0.1, -0.05) is 363 Å². The summed E-state index contributed by atoms with van der Waals surface area (Å²) in [5.41, 5.74) is 0. The summed E-state index contributed by atoms with van der Waals surface area (Å²) in [5.74, 6) is -0.206. The summed E-state index contributed by atoms with van der Waals surface area (Å²) in [6.07, 6.45) is 76.6. The maximum Gasteiger partial charge on any atom is 0.220 e. The van der Waals surface area contributed by atoms with E-state index in [0.717, 1.165) is 96.3 Å². The van der Waals surface area contributed by atoms with Crippen LogP contribution in [0.15, 0.2) is 72.9 Å². The molecule has 12 unspecified atom stereocenters. The zero-order chi connectivity index (χ0) is 70.8. The number of carbonyl (C=O) groups excluding carboxylic acids is 1. The van der Waals surface area contributed by atoms with Gasteiger partial charge in [0.15, 0.2) is 12.6 Å². The quantitative estimate of drug-likeness (QED) is 0.0204. The zero-order valence-corrected chi connectivity index (χ0v) is 62.8. The molecule has 0 saturated carbocycles. The van der Waals surface area contributed by atoms with E-state index in [1.807, 2.05) is 0 Å². The van der Waals surface area contributed by atoms with Gasteiger partial charge < -0.3 is 65.1 Å². The predicted octanol–water partition coefficient (Wildman–Crippen LogP) is 18.9. The van der Waals surface area contributed by atoms with Gasteiger partial charge in [0.2, 0.25) is 5.91 Å². The molecule has 2 heterocycles. The molecule has 2 saturated heterocycles. The molecule has 2 aliphatic rings. The second-order valence-corrected chi connectivity index (χ2v) is 28.9. The summed E-state index contributed by atoms with van der Waals surface area (Å²) < 4.78 is 23.0. The number of ether oxygens (including phenoxy) is 4. The Morgan fingerprint density at radius 2 is 0.704 bits per heavy atom. The van der Waals surface area contributed by atoms with Gasteiger partial charge >= 0.3 is 0 Å². The molecule has 2 fully saturated rings. The standard InChI is InChI=1S/C84H153NO13/c1-3-5-7-9-11-13-15-17-19-21-23-25-27-29-31-33-35-36-38-39-41-43-45-47-49-51-53-55-57-59-61-63-65-67-73(88)72(71-95-83-81(94)79(92)82(75(70-87)97-83)98-84-80(93)78(91)77(90)74(69-86)96-84)85-76(89)68-66-64-62-60-58-56-54-52-50-48-46-44-42-40-37-34-32-30-28-26-24-22-20-18-16-14-12-10-8-6-4-2/h6,8,12,14,18,20,24,26,30,32,37,40,72-75,77-84,86-88,90-94H,3-5,7,9-11,13,15-17,19,21-23,25,27-29,31,33-36,38-39,41-71H2,1-2H3,(H,85,89)/b8-6-,14-12-,20-18-,26-24-,32-30-,40-37-. The lowest BCUT2D eigenvalue weighted by atomic mass is 9.97. The topological polar surface area (TPSA) is 228 Å². The maximum absolute atomic E-state index is 13.4. The Morgan fingerprint density at radius 3 is 1.08 bits per heavy atom. The number of carbonyl (C=O) groups is 1. The second kappa shape index (κ2) is 67.6. The van der Waals surface area contributed by atoms with E-state index in [9.17, 15) is 45.6 Å². The van der Waals surface area contributed by atoms with Crippen molar-refractivity contribution in [3.8, 4) is 0 Å². The van der Waals surface area contributed by atoms with Crippen molar-refractivity contribution in [2.75, 3.05) is 19.8 Å². The summed E-state index contributed by atoms with van der Waals surface area (Å²) in [6.45, 7) is 2.80. The van der Waals surface area contributed by atoms with Crippen molar-refractivity contribution in [2.45, 2.75) is 434 Å². The Hall–Kier alpha value is -2.57. The Kier molecular flexibility index (Phi) is 63.1. The number of nitrogens with one attached hydrogen (secondary N) is 1. The zero-order valence-electron chi connectivity index (χ0n) is 62.8. The summed E-state index contributed by atoms with van der Waals surface area (Å²) >= 11 is 0. The maximum atomic E-state index is 13.4. The second-order valence-electron chi connectivity index (χ2n) is 28.9. The largest absolute Gasteiger partial charge is 0.394 e. The fraction of sp³-hybridized carbons (Fsp3) is 0.845. The van der Waals surface area contributed by atoms with Crippen molar-refractivity contribution in [2.24, 2.45) is 0 Å². The van der Waals surface area contributed by atoms with Crippen LogP contribution in [0.25, 0.3) is 0 Å². The lowest BCUT2D eigenvalue weighted by Gasteiger charge is -2.46. The van der Waals surface area contributed by atoms with Crippen LogP contribution in [-0.2, 0) is 23.7 Å². The molecule has 0 aliphatic carbocycles. The number of rotatable bonds is 69. The predicted molar refractivity (Wildman–Crippen MR) is 406 cm³/mol. The highest BCUT2D eigenvalue weighted by Gasteiger charge is 2.51. The monoisotopic (exact) mass is 1380 g/mol. The van der Waals surface area contributed by atoms with Crippen LogP contribution in [0.4, 0.5) is 0 Å². The number of allylic oxidation sites excluding steroid dienone is 12. The highest BCUT2D eigenvalue weighted by molar-refractivity contribution is 5.76. The van der Waals surface area contributed by atoms with Gasteiger partial charge in [-0.2, -0.15) is 0 Å². The van der Waals surface area contributed by atoms with Gasteiger partial charge in [-0.25, -0.2) is 0 Å². The van der Waals surface area contributed by atoms with E-state index >= 15 is 0 Å². The first-order valence-electron chi connectivity index (χ1n) is 41.2. The van der Waals surface area contributed by atoms with E-state index in [-0.39, 0.29) is 12.5 Å². The Labute approximate surface area is 599 Å². The average Bonchev–Trinajstić information content (AvgIpc) is 0.793. The van der Waals surface area contributed by atoms with Gasteiger partial charge in [0.1, 0.15) is 48.8 Å². The molecule has 9 N–H and O–H groups in total. The molecule has 0 radical (unpaired) electrons. The minimum atomic E-state index is -1.79. The highest BCUT2D eigenvalue weighted by Crippen LogP contribution is 2.30.